The number of anilines is 2. The Bertz CT molecular complexity index is 1150. The van der Waals surface area contributed by atoms with E-state index >= 15 is 0 Å². The maximum atomic E-state index is 12.2. The number of halogens is 1. The van der Waals surface area contributed by atoms with Crippen molar-refractivity contribution < 1.29 is 9.53 Å². The molecule has 2 N–H and O–H groups in total. The van der Waals surface area contributed by atoms with Crippen LogP contribution in [0.2, 0.25) is 5.02 Å². The summed E-state index contributed by atoms with van der Waals surface area (Å²) in [4.78, 5) is 12.2. The van der Waals surface area contributed by atoms with Crippen molar-refractivity contribution in [3.63, 3.8) is 0 Å². The average Bonchev–Trinajstić information content (AvgIpc) is 3.27. The molecule has 150 valence electrons. The van der Waals surface area contributed by atoms with Crippen molar-refractivity contribution in [3.8, 4) is 17.4 Å². The Labute approximate surface area is 177 Å². The zero-order chi connectivity index (χ0) is 20.9. The van der Waals surface area contributed by atoms with E-state index in [4.69, 9.17) is 16.3 Å². The molecule has 0 unspecified atom stereocenters. The van der Waals surface area contributed by atoms with Crippen LogP contribution in [0.1, 0.15) is 5.56 Å². The Morgan fingerprint density at radius 1 is 1.03 bits per heavy atom. The van der Waals surface area contributed by atoms with Gasteiger partial charge in [-0.3, -0.25) is 0 Å². The maximum Gasteiger partial charge on any atom is 0.323 e. The third-order valence-corrected chi connectivity index (χ3v) is 4.39. The molecule has 0 aliphatic carbocycles. The van der Waals surface area contributed by atoms with E-state index in [9.17, 15) is 4.79 Å². The summed E-state index contributed by atoms with van der Waals surface area (Å²) < 4.78 is 7.29. The second kappa shape index (κ2) is 8.62. The lowest BCUT2D eigenvalue weighted by Crippen LogP contribution is -2.19. The van der Waals surface area contributed by atoms with E-state index in [1.807, 2.05) is 13.0 Å². The molecular weight excluding hydrogens is 404 g/mol. The zero-order valence-corrected chi connectivity index (χ0v) is 16.7. The minimum Gasteiger partial charge on any atom is -0.438 e. The molecule has 0 bridgehead atoms. The Kier molecular flexibility index (Phi) is 5.58. The van der Waals surface area contributed by atoms with Gasteiger partial charge in [0.05, 0.1) is 10.7 Å². The Morgan fingerprint density at radius 2 is 1.87 bits per heavy atom. The van der Waals surface area contributed by atoms with Crippen LogP contribution in [0.5, 0.6) is 11.6 Å². The lowest BCUT2D eigenvalue weighted by Gasteiger charge is -2.10. The highest BCUT2D eigenvalue weighted by molar-refractivity contribution is 6.33. The number of aromatic nitrogens is 4. The van der Waals surface area contributed by atoms with Crippen LogP contribution < -0.4 is 15.4 Å². The second-order valence-corrected chi connectivity index (χ2v) is 6.78. The molecule has 0 aliphatic rings. The molecule has 0 atom stereocenters. The van der Waals surface area contributed by atoms with Crippen LogP contribution in [0, 0.1) is 6.92 Å². The predicted molar refractivity (Wildman–Crippen MR) is 115 cm³/mol. The highest BCUT2D eigenvalue weighted by Crippen LogP contribution is 2.24. The first-order chi connectivity index (χ1) is 14.6. The van der Waals surface area contributed by atoms with Crippen LogP contribution >= 0.6 is 11.6 Å². The van der Waals surface area contributed by atoms with Crippen LogP contribution in [0.15, 0.2) is 73.1 Å². The number of amides is 2. The summed E-state index contributed by atoms with van der Waals surface area (Å²) in [6.45, 7) is 1.93. The summed E-state index contributed by atoms with van der Waals surface area (Å²) >= 11 is 6.14. The van der Waals surface area contributed by atoms with Gasteiger partial charge in [-0.05, 0) is 61.0 Å². The van der Waals surface area contributed by atoms with Crippen LogP contribution in [-0.2, 0) is 0 Å². The van der Waals surface area contributed by atoms with Gasteiger partial charge >= 0.3 is 6.03 Å². The first kappa shape index (κ1) is 19.4. The summed E-state index contributed by atoms with van der Waals surface area (Å²) in [7, 11) is 0. The van der Waals surface area contributed by atoms with Gasteiger partial charge in [0.2, 0.25) is 5.88 Å². The molecule has 8 nitrogen and oxygen atoms in total. The van der Waals surface area contributed by atoms with Crippen molar-refractivity contribution in [1.82, 2.24) is 20.0 Å². The standard InChI is InChI=1S/C21H17ClN6O2/c1-14-3-8-18(17(22)13-14)25-21(29)24-15-4-6-16(7-5-15)30-20-10-9-19(26-27-20)28-12-2-11-23-28/h2-13H,1H3,(H2,24,25,29). The molecule has 0 fully saturated rings. The quantitative estimate of drug-likeness (QED) is 0.470. The fourth-order valence-electron chi connectivity index (χ4n) is 2.63. The number of benzene rings is 2. The molecule has 9 heteroatoms. The molecule has 0 radical (unpaired) electrons. The van der Waals surface area contributed by atoms with Crippen molar-refractivity contribution >= 4 is 29.0 Å². The fraction of sp³-hybridized carbons (Fsp3) is 0.0476. The Morgan fingerprint density at radius 3 is 2.53 bits per heavy atom. The minimum absolute atomic E-state index is 0.346. The van der Waals surface area contributed by atoms with Crippen LogP contribution in [0.4, 0.5) is 16.2 Å². The van der Waals surface area contributed by atoms with E-state index in [0.29, 0.717) is 33.8 Å². The number of rotatable bonds is 5. The third-order valence-electron chi connectivity index (χ3n) is 4.07. The van der Waals surface area contributed by atoms with Gasteiger partial charge in [-0.2, -0.15) is 5.10 Å². The van der Waals surface area contributed by atoms with Gasteiger partial charge in [0, 0.05) is 24.1 Å². The number of ether oxygens (including phenoxy) is 1. The molecular formula is C21H17ClN6O2. The predicted octanol–water partition coefficient (Wildman–Crippen LogP) is 5.06. The van der Waals surface area contributed by atoms with Gasteiger partial charge in [0.1, 0.15) is 5.75 Å². The van der Waals surface area contributed by atoms with Crippen LogP contribution in [-0.4, -0.2) is 26.0 Å². The summed E-state index contributed by atoms with van der Waals surface area (Å²) in [5.41, 5.74) is 2.15. The molecule has 4 rings (SSSR count). The average molecular weight is 421 g/mol. The second-order valence-electron chi connectivity index (χ2n) is 6.37. The number of hydrogen-bond donors (Lipinski definition) is 2. The Hall–Kier alpha value is -3.91. The molecule has 0 saturated heterocycles. The molecule has 2 aromatic carbocycles. The molecule has 30 heavy (non-hydrogen) atoms. The van der Waals surface area contributed by atoms with Crippen molar-refractivity contribution in [2.45, 2.75) is 6.92 Å². The number of aryl methyl sites for hydroxylation is 1. The van der Waals surface area contributed by atoms with Crippen molar-refractivity contribution in [2.24, 2.45) is 0 Å². The molecule has 0 saturated carbocycles. The van der Waals surface area contributed by atoms with Gasteiger partial charge in [-0.15, -0.1) is 10.2 Å². The zero-order valence-electron chi connectivity index (χ0n) is 15.9. The number of nitrogens with one attached hydrogen (secondary N) is 2. The molecule has 2 heterocycles. The van der Waals surface area contributed by atoms with E-state index in [-0.39, 0.29) is 0 Å². The van der Waals surface area contributed by atoms with E-state index < -0.39 is 6.03 Å². The van der Waals surface area contributed by atoms with E-state index in [1.165, 1.54) is 0 Å². The Balaban J connectivity index is 1.35. The largest absolute Gasteiger partial charge is 0.438 e. The molecule has 4 aromatic rings. The van der Waals surface area contributed by atoms with E-state index in [2.05, 4.69) is 25.9 Å². The number of urea groups is 1. The SMILES string of the molecule is Cc1ccc(NC(=O)Nc2ccc(Oc3ccc(-n4cccn4)nn3)cc2)c(Cl)c1. The van der Waals surface area contributed by atoms with Gasteiger partial charge < -0.3 is 15.4 Å². The highest BCUT2D eigenvalue weighted by Gasteiger charge is 2.07. The van der Waals surface area contributed by atoms with E-state index in [0.717, 1.165) is 5.56 Å². The van der Waals surface area contributed by atoms with Gasteiger partial charge in [-0.25, -0.2) is 9.48 Å². The number of carbonyl (C=O) groups is 1. The summed E-state index contributed by atoms with van der Waals surface area (Å²) in [5.74, 6) is 1.49. The molecule has 0 spiro atoms. The van der Waals surface area contributed by atoms with Gasteiger partial charge in [0.25, 0.3) is 0 Å². The van der Waals surface area contributed by atoms with Crippen molar-refractivity contribution in [3.05, 3.63) is 83.6 Å². The summed E-state index contributed by atoms with van der Waals surface area (Å²) in [5, 5.41) is 18.2. The first-order valence-corrected chi connectivity index (χ1v) is 9.40. The molecule has 2 amide bonds. The third kappa shape index (κ3) is 4.73. The van der Waals surface area contributed by atoms with Crippen LogP contribution in [0.25, 0.3) is 5.82 Å². The van der Waals surface area contributed by atoms with Gasteiger partial charge in [-0.1, -0.05) is 17.7 Å². The highest BCUT2D eigenvalue weighted by atomic mass is 35.5. The lowest BCUT2D eigenvalue weighted by molar-refractivity contribution is 0.262. The smallest absolute Gasteiger partial charge is 0.323 e. The topological polar surface area (TPSA) is 94.0 Å². The monoisotopic (exact) mass is 420 g/mol. The number of hydrogen-bond acceptors (Lipinski definition) is 5. The number of nitrogens with zero attached hydrogens (tertiary/aromatic N) is 4. The summed E-state index contributed by atoms with van der Waals surface area (Å²) in [6, 6.07) is 17.2. The minimum atomic E-state index is -0.394. The van der Waals surface area contributed by atoms with Crippen molar-refractivity contribution in [2.75, 3.05) is 10.6 Å². The van der Waals surface area contributed by atoms with Crippen LogP contribution in [0.3, 0.4) is 0 Å². The summed E-state index contributed by atoms with van der Waals surface area (Å²) in [6.07, 6.45) is 3.44. The normalized spacial score (nSPS) is 10.5. The lowest BCUT2D eigenvalue weighted by atomic mass is 10.2. The maximum absolute atomic E-state index is 12.2. The first-order valence-electron chi connectivity index (χ1n) is 9.03. The molecule has 2 aromatic heterocycles. The van der Waals surface area contributed by atoms with E-state index in [1.54, 1.807) is 71.7 Å². The van der Waals surface area contributed by atoms with Crippen molar-refractivity contribution in [1.29, 1.82) is 0 Å². The van der Waals surface area contributed by atoms with Gasteiger partial charge in [0.15, 0.2) is 5.82 Å². The fourth-order valence-corrected chi connectivity index (χ4v) is 2.91. The molecule has 0 aliphatic heterocycles. The number of carbonyl (C=O) groups excluding carboxylic acids is 1.